The maximum Gasteiger partial charge on any atom is 0.264 e. The third kappa shape index (κ3) is 1.55. The number of carbonyl (C=O) groups excluding carboxylic acids is 1. The molecule has 0 saturated carbocycles. The van der Waals surface area contributed by atoms with Crippen LogP contribution in [0.3, 0.4) is 0 Å². The second-order valence-electron chi connectivity index (χ2n) is 4.31. The molecule has 17 heavy (non-hydrogen) atoms. The molecule has 1 fully saturated rings. The Morgan fingerprint density at radius 3 is 2.76 bits per heavy atom. The summed E-state index contributed by atoms with van der Waals surface area (Å²) in [6, 6.07) is 4.99. The number of likely N-dealkylation sites (tertiary alicyclic amines) is 1. The van der Waals surface area contributed by atoms with E-state index in [1.807, 2.05) is 17.9 Å². The molecule has 1 aromatic carbocycles. The summed E-state index contributed by atoms with van der Waals surface area (Å²) in [7, 11) is 0. The Morgan fingerprint density at radius 1 is 1.41 bits per heavy atom. The van der Waals surface area contributed by atoms with Crippen molar-refractivity contribution in [1.29, 1.82) is 0 Å². The summed E-state index contributed by atoms with van der Waals surface area (Å²) in [5.41, 5.74) is 0.778. The van der Waals surface area contributed by atoms with E-state index < -0.39 is 0 Å². The highest BCUT2D eigenvalue weighted by molar-refractivity contribution is 7.21. The molecule has 3 rings (SSSR count). The molecule has 1 aliphatic rings. The van der Waals surface area contributed by atoms with Gasteiger partial charge < -0.3 is 4.90 Å². The Kier molecular flexibility index (Phi) is 2.40. The van der Waals surface area contributed by atoms with Gasteiger partial charge in [-0.3, -0.25) is 4.79 Å². The largest absolute Gasteiger partial charge is 0.338 e. The number of halogens is 1. The Hall–Kier alpha value is -1.42. The zero-order valence-corrected chi connectivity index (χ0v) is 10.3. The Balaban J connectivity index is 2.14. The molecule has 1 aromatic heterocycles. The van der Waals surface area contributed by atoms with E-state index in [9.17, 15) is 9.18 Å². The number of rotatable bonds is 1. The van der Waals surface area contributed by atoms with Crippen LogP contribution in [0, 0.1) is 12.7 Å². The zero-order valence-electron chi connectivity index (χ0n) is 9.50. The number of amides is 1. The summed E-state index contributed by atoms with van der Waals surface area (Å²) < 4.78 is 14.6. The summed E-state index contributed by atoms with van der Waals surface area (Å²) in [5, 5.41) is 0.598. The molecule has 1 saturated heterocycles. The number of thiophene rings is 1. The Morgan fingerprint density at radius 2 is 2.18 bits per heavy atom. The molecular formula is C13H12FNOS. The van der Waals surface area contributed by atoms with Crippen LogP contribution >= 0.6 is 11.3 Å². The van der Waals surface area contributed by atoms with Gasteiger partial charge in [0.25, 0.3) is 5.91 Å². The molecule has 2 aromatic rings. The van der Waals surface area contributed by atoms with Gasteiger partial charge in [-0.15, -0.1) is 11.3 Å². The lowest BCUT2D eigenvalue weighted by Gasteiger charge is -2.30. The van der Waals surface area contributed by atoms with Crippen LogP contribution in [0.4, 0.5) is 4.39 Å². The van der Waals surface area contributed by atoms with E-state index in [4.69, 9.17) is 0 Å². The topological polar surface area (TPSA) is 20.3 Å². The molecule has 0 radical (unpaired) electrons. The number of nitrogens with zero attached hydrogens (tertiary/aromatic N) is 1. The van der Waals surface area contributed by atoms with Crippen molar-refractivity contribution in [3.05, 3.63) is 34.5 Å². The highest BCUT2D eigenvalue weighted by Gasteiger charge is 2.25. The summed E-state index contributed by atoms with van der Waals surface area (Å²) in [5.74, 6) is -0.187. The van der Waals surface area contributed by atoms with Crippen molar-refractivity contribution in [2.24, 2.45) is 0 Å². The van der Waals surface area contributed by atoms with E-state index in [0.29, 0.717) is 10.3 Å². The maximum absolute atomic E-state index is 13.7. The zero-order chi connectivity index (χ0) is 12.0. The van der Waals surface area contributed by atoms with Gasteiger partial charge in [-0.25, -0.2) is 4.39 Å². The monoisotopic (exact) mass is 249 g/mol. The maximum atomic E-state index is 13.7. The first-order chi connectivity index (χ1) is 8.18. The quantitative estimate of drug-likeness (QED) is 0.760. The minimum absolute atomic E-state index is 0.0503. The van der Waals surface area contributed by atoms with Crippen molar-refractivity contribution < 1.29 is 9.18 Å². The third-order valence-electron chi connectivity index (χ3n) is 3.24. The summed E-state index contributed by atoms with van der Waals surface area (Å²) in [6.07, 6.45) is 1.07. The lowest BCUT2D eigenvalue weighted by Crippen LogP contribution is -2.41. The third-order valence-corrected chi connectivity index (χ3v) is 4.49. The molecule has 2 heterocycles. The molecule has 0 unspecified atom stereocenters. The van der Waals surface area contributed by atoms with Gasteiger partial charge >= 0.3 is 0 Å². The first-order valence-corrected chi connectivity index (χ1v) is 6.47. The molecule has 0 bridgehead atoms. The Bertz CT molecular complexity index is 601. The van der Waals surface area contributed by atoms with Crippen LogP contribution in [0.1, 0.15) is 21.7 Å². The molecule has 0 spiro atoms. The van der Waals surface area contributed by atoms with Crippen molar-refractivity contribution >= 4 is 27.3 Å². The van der Waals surface area contributed by atoms with E-state index in [-0.39, 0.29) is 11.7 Å². The van der Waals surface area contributed by atoms with Crippen LogP contribution < -0.4 is 0 Å². The number of fused-ring (bicyclic) bond motifs is 1. The molecule has 0 aliphatic carbocycles. The van der Waals surface area contributed by atoms with E-state index in [1.165, 1.54) is 17.4 Å². The first-order valence-electron chi connectivity index (χ1n) is 5.65. The van der Waals surface area contributed by atoms with Gasteiger partial charge in [-0.2, -0.15) is 0 Å². The highest BCUT2D eigenvalue weighted by atomic mass is 32.1. The average Bonchev–Trinajstić information content (AvgIpc) is 2.55. The number of benzene rings is 1. The minimum Gasteiger partial charge on any atom is -0.338 e. The van der Waals surface area contributed by atoms with Gasteiger partial charge in [0.2, 0.25) is 0 Å². The predicted molar refractivity (Wildman–Crippen MR) is 67.0 cm³/mol. The van der Waals surface area contributed by atoms with E-state index in [1.54, 1.807) is 6.07 Å². The predicted octanol–water partition coefficient (Wildman–Crippen LogP) is 3.19. The van der Waals surface area contributed by atoms with Crippen molar-refractivity contribution in [2.75, 3.05) is 13.1 Å². The average molecular weight is 249 g/mol. The first kappa shape index (κ1) is 10.7. The van der Waals surface area contributed by atoms with Crippen LogP contribution in [0.5, 0.6) is 0 Å². The summed E-state index contributed by atoms with van der Waals surface area (Å²) >= 11 is 1.39. The van der Waals surface area contributed by atoms with Crippen LogP contribution in [0.2, 0.25) is 0 Å². The summed E-state index contributed by atoms with van der Waals surface area (Å²) in [6.45, 7) is 3.49. The number of aryl methyl sites for hydroxylation is 1. The van der Waals surface area contributed by atoms with Crippen molar-refractivity contribution in [3.8, 4) is 0 Å². The number of carbonyl (C=O) groups is 1. The number of hydrogen-bond donors (Lipinski definition) is 0. The normalized spacial score (nSPS) is 15.1. The van der Waals surface area contributed by atoms with E-state index in [2.05, 4.69) is 0 Å². The van der Waals surface area contributed by atoms with Crippen LogP contribution in [0.15, 0.2) is 18.2 Å². The van der Waals surface area contributed by atoms with Gasteiger partial charge in [0.1, 0.15) is 5.82 Å². The summed E-state index contributed by atoms with van der Waals surface area (Å²) in [4.78, 5) is 14.6. The second kappa shape index (κ2) is 3.81. The van der Waals surface area contributed by atoms with Gasteiger partial charge in [-0.05, 0) is 31.0 Å². The van der Waals surface area contributed by atoms with Crippen molar-refractivity contribution in [2.45, 2.75) is 13.3 Å². The number of hydrogen-bond acceptors (Lipinski definition) is 2. The highest BCUT2D eigenvalue weighted by Crippen LogP contribution is 2.33. The van der Waals surface area contributed by atoms with Crippen LogP contribution in [-0.4, -0.2) is 23.9 Å². The van der Waals surface area contributed by atoms with Crippen LogP contribution in [-0.2, 0) is 0 Å². The fourth-order valence-electron chi connectivity index (χ4n) is 2.12. The molecule has 4 heteroatoms. The molecule has 88 valence electrons. The fourth-order valence-corrected chi connectivity index (χ4v) is 3.31. The fraction of sp³-hybridized carbons (Fsp3) is 0.308. The smallest absolute Gasteiger partial charge is 0.264 e. The SMILES string of the molecule is Cc1c(C(=O)N2CCC2)sc2cccc(F)c12. The van der Waals surface area contributed by atoms with Crippen molar-refractivity contribution in [1.82, 2.24) is 4.90 Å². The molecule has 0 atom stereocenters. The second-order valence-corrected chi connectivity index (χ2v) is 5.37. The van der Waals surface area contributed by atoms with Crippen LogP contribution in [0.25, 0.3) is 10.1 Å². The molecule has 2 nitrogen and oxygen atoms in total. The lowest BCUT2D eigenvalue weighted by molar-refractivity contribution is 0.0656. The van der Waals surface area contributed by atoms with Gasteiger partial charge in [-0.1, -0.05) is 6.07 Å². The molecule has 1 amide bonds. The molecule has 0 N–H and O–H groups in total. The standard InChI is InChI=1S/C13H12FNOS/c1-8-11-9(14)4-2-5-10(11)17-12(8)13(16)15-6-3-7-15/h2,4-5H,3,6-7H2,1H3. The molecular weight excluding hydrogens is 237 g/mol. The Labute approximate surface area is 103 Å². The van der Waals surface area contributed by atoms with Crippen molar-refractivity contribution in [3.63, 3.8) is 0 Å². The van der Waals surface area contributed by atoms with E-state index >= 15 is 0 Å². The lowest BCUT2D eigenvalue weighted by atomic mass is 10.1. The van der Waals surface area contributed by atoms with Gasteiger partial charge in [0.05, 0.1) is 4.88 Å². The van der Waals surface area contributed by atoms with E-state index in [0.717, 1.165) is 29.8 Å². The molecule has 1 aliphatic heterocycles. The minimum atomic E-state index is -0.237. The van der Waals surface area contributed by atoms with Gasteiger partial charge in [0.15, 0.2) is 0 Å². The van der Waals surface area contributed by atoms with Gasteiger partial charge in [0, 0.05) is 23.2 Å².